The molecule has 0 fully saturated rings. The van der Waals surface area contributed by atoms with Gasteiger partial charge >= 0.3 is 0 Å². The van der Waals surface area contributed by atoms with Crippen molar-refractivity contribution in [2.45, 2.75) is 0 Å². The Morgan fingerprint density at radius 2 is 1.93 bits per heavy atom. The van der Waals surface area contributed by atoms with Crippen molar-refractivity contribution >= 4 is 34.6 Å². The molecule has 2 aromatic heterocycles. The number of benzene rings is 2. The molecule has 4 aromatic rings. The number of hydrogen-bond acceptors (Lipinski definition) is 4. The van der Waals surface area contributed by atoms with Gasteiger partial charge in [-0.1, -0.05) is 36.4 Å². The van der Waals surface area contributed by atoms with Crippen molar-refractivity contribution in [2.24, 2.45) is 0 Å². The van der Waals surface area contributed by atoms with E-state index in [4.69, 9.17) is 4.98 Å². The van der Waals surface area contributed by atoms with E-state index in [1.54, 1.807) is 29.8 Å². The number of aromatic amines is 1. The summed E-state index contributed by atoms with van der Waals surface area (Å²) in [4.78, 5) is 24.3. The average molecular weight is 370 g/mol. The largest absolute Gasteiger partial charge is 0.345 e. The number of aromatic nitrogens is 3. The topological polar surface area (TPSA) is 70.7 Å². The number of rotatable bonds is 3. The van der Waals surface area contributed by atoms with Crippen LogP contribution < -0.4 is 5.32 Å². The van der Waals surface area contributed by atoms with Crippen molar-refractivity contribution in [3.8, 4) is 21.8 Å². The first-order valence-electron chi connectivity index (χ1n) is 8.46. The van der Waals surface area contributed by atoms with E-state index < -0.39 is 0 Å². The summed E-state index contributed by atoms with van der Waals surface area (Å²) in [5.41, 5.74) is 5.25. The molecule has 0 saturated carbocycles. The minimum absolute atomic E-state index is 0.123. The minimum Gasteiger partial charge on any atom is -0.345 e. The van der Waals surface area contributed by atoms with Gasteiger partial charge in [-0.3, -0.25) is 4.79 Å². The van der Waals surface area contributed by atoms with E-state index in [0.29, 0.717) is 11.4 Å². The van der Waals surface area contributed by atoms with Gasteiger partial charge in [0.1, 0.15) is 10.8 Å². The lowest BCUT2D eigenvalue weighted by Crippen LogP contribution is -2.03. The number of thiazole rings is 1. The Morgan fingerprint density at radius 3 is 2.74 bits per heavy atom. The van der Waals surface area contributed by atoms with Crippen LogP contribution in [0.15, 0.2) is 66.3 Å². The Bertz CT molecular complexity index is 1160. The van der Waals surface area contributed by atoms with Crippen LogP contribution >= 0.6 is 11.3 Å². The number of imidazole rings is 1. The van der Waals surface area contributed by atoms with Gasteiger partial charge in [-0.05, 0) is 18.2 Å². The van der Waals surface area contributed by atoms with Crippen LogP contribution in [0.3, 0.4) is 0 Å². The predicted octanol–water partition coefficient (Wildman–Crippen LogP) is 4.69. The molecule has 0 radical (unpaired) electrons. The quantitative estimate of drug-likeness (QED) is 0.514. The van der Waals surface area contributed by atoms with Crippen LogP contribution in [0.4, 0.5) is 5.69 Å². The van der Waals surface area contributed by atoms with Crippen molar-refractivity contribution in [1.82, 2.24) is 15.0 Å². The Labute approximate surface area is 159 Å². The zero-order valence-electron chi connectivity index (χ0n) is 14.1. The van der Waals surface area contributed by atoms with Crippen molar-refractivity contribution < 1.29 is 4.79 Å². The van der Waals surface area contributed by atoms with Gasteiger partial charge in [0.05, 0.1) is 11.3 Å². The van der Waals surface area contributed by atoms with E-state index in [0.717, 1.165) is 33.1 Å². The lowest BCUT2D eigenvalue weighted by molar-refractivity contribution is -0.110. The molecule has 2 N–H and O–H groups in total. The van der Waals surface area contributed by atoms with Crippen molar-refractivity contribution in [3.05, 3.63) is 77.7 Å². The van der Waals surface area contributed by atoms with Crippen LogP contribution in [0.1, 0.15) is 11.4 Å². The lowest BCUT2D eigenvalue weighted by atomic mass is 10.0. The predicted molar refractivity (Wildman–Crippen MR) is 108 cm³/mol. The molecule has 3 heterocycles. The summed E-state index contributed by atoms with van der Waals surface area (Å²) in [6.45, 7) is 0. The molecule has 2 aromatic carbocycles. The van der Waals surface area contributed by atoms with Gasteiger partial charge in [0.2, 0.25) is 0 Å². The van der Waals surface area contributed by atoms with Gasteiger partial charge < -0.3 is 10.3 Å². The second kappa shape index (κ2) is 6.34. The fourth-order valence-corrected chi connectivity index (χ4v) is 3.94. The van der Waals surface area contributed by atoms with Gasteiger partial charge in [-0.2, -0.15) is 0 Å². The summed E-state index contributed by atoms with van der Waals surface area (Å²) < 4.78 is 0. The van der Waals surface area contributed by atoms with E-state index in [2.05, 4.69) is 27.4 Å². The lowest BCUT2D eigenvalue weighted by Gasteiger charge is -2.02. The second-order valence-electron chi connectivity index (χ2n) is 6.15. The van der Waals surface area contributed by atoms with E-state index in [9.17, 15) is 4.79 Å². The normalized spacial score (nSPS) is 14.4. The molecule has 6 heteroatoms. The average Bonchev–Trinajstić information content (AvgIpc) is 3.44. The Kier molecular flexibility index (Phi) is 3.69. The fraction of sp³-hybridized carbons (Fsp3) is 0. The van der Waals surface area contributed by atoms with E-state index in [-0.39, 0.29) is 5.91 Å². The van der Waals surface area contributed by atoms with E-state index in [1.165, 1.54) is 0 Å². The Morgan fingerprint density at radius 1 is 1.04 bits per heavy atom. The van der Waals surface area contributed by atoms with Gasteiger partial charge in [-0.25, -0.2) is 9.97 Å². The smallest absolute Gasteiger partial charge is 0.256 e. The summed E-state index contributed by atoms with van der Waals surface area (Å²) in [5.74, 6) is 0.528. The first-order chi connectivity index (χ1) is 13.3. The first-order valence-corrected chi connectivity index (χ1v) is 9.34. The maximum absolute atomic E-state index is 12.4. The number of amides is 1. The summed E-state index contributed by atoms with van der Waals surface area (Å²) >= 11 is 1.61. The molecule has 5 rings (SSSR count). The van der Waals surface area contributed by atoms with Crippen molar-refractivity contribution in [3.63, 3.8) is 0 Å². The number of nitrogens with one attached hydrogen (secondary N) is 2. The molecule has 5 nitrogen and oxygen atoms in total. The zero-order chi connectivity index (χ0) is 18.2. The van der Waals surface area contributed by atoms with Crippen LogP contribution in [0, 0.1) is 0 Å². The standard InChI is InChI=1S/C21H14N4OS/c26-20-16(11-19-22-8-9-23-19)15-10-14(6-7-17(15)24-20)18-12-27-21(25-18)13-4-2-1-3-5-13/h1-12H,(H,22,23)(H,24,26)/b16-11-. The number of hydrogen-bond donors (Lipinski definition) is 2. The summed E-state index contributed by atoms with van der Waals surface area (Å²) in [5, 5.41) is 5.93. The molecule has 1 aliphatic rings. The van der Waals surface area contributed by atoms with Crippen LogP contribution in [0.2, 0.25) is 0 Å². The third-order valence-electron chi connectivity index (χ3n) is 4.42. The van der Waals surface area contributed by atoms with Crippen LogP contribution in [-0.4, -0.2) is 20.9 Å². The molecule has 0 unspecified atom stereocenters. The SMILES string of the molecule is O=C1Nc2ccc(-c3csc(-c4ccccc4)n3)cc2/C1=C/c1ncc[nH]1. The molecule has 0 atom stereocenters. The van der Waals surface area contributed by atoms with E-state index >= 15 is 0 Å². The molecular formula is C21H14N4OS. The van der Waals surface area contributed by atoms with Crippen LogP contribution in [0.5, 0.6) is 0 Å². The Hall–Kier alpha value is -3.51. The number of H-pyrrole nitrogens is 1. The number of fused-ring (bicyclic) bond motifs is 1. The Balaban J connectivity index is 1.54. The molecule has 1 aliphatic heterocycles. The van der Waals surface area contributed by atoms with Crippen LogP contribution in [-0.2, 0) is 4.79 Å². The summed E-state index contributed by atoms with van der Waals surface area (Å²) in [6.07, 6.45) is 5.16. The molecule has 130 valence electrons. The van der Waals surface area contributed by atoms with Crippen LogP contribution in [0.25, 0.3) is 33.5 Å². The number of carbonyl (C=O) groups excluding carboxylic acids is 1. The van der Waals surface area contributed by atoms with Crippen molar-refractivity contribution in [2.75, 3.05) is 5.32 Å². The fourth-order valence-electron chi connectivity index (χ4n) is 3.10. The summed E-state index contributed by atoms with van der Waals surface area (Å²) in [6, 6.07) is 16.0. The maximum Gasteiger partial charge on any atom is 0.256 e. The number of anilines is 1. The summed E-state index contributed by atoms with van der Waals surface area (Å²) in [7, 11) is 0. The minimum atomic E-state index is -0.123. The third kappa shape index (κ3) is 2.86. The van der Waals surface area contributed by atoms with Gasteiger partial charge in [-0.15, -0.1) is 11.3 Å². The zero-order valence-corrected chi connectivity index (χ0v) is 15.0. The highest BCUT2D eigenvalue weighted by Crippen LogP contribution is 2.37. The second-order valence-corrected chi connectivity index (χ2v) is 7.01. The molecule has 0 bridgehead atoms. The molecule has 1 amide bonds. The van der Waals surface area contributed by atoms with Gasteiger partial charge in [0, 0.05) is 40.2 Å². The van der Waals surface area contributed by atoms with Crippen molar-refractivity contribution in [1.29, 1.82) is 0 Å². The molecule has 27 heavy (non-hydrogen) atoms. The maximum atomic E-state index is 12.4. The third-order valence-corrected chi connectivity index (χ3v) is 5.32. The highest BCUT2D eigenvalue weighted by Gasteiger charge is 2.25. The molecule has 0 saturated heterocycles. The van der Waals surface area contributed by atoms with Gasteiger partial charge in [0.15, 0.2) is 0 Å². The van der Waals surface area contributed by atoms with Gasteiger partial charge in [0.25, 0.3) is 5.91 Å². The molecular weight excluding hydrogens is 356 g/mol. The molecule has 0 spiro atoms. The number of nitrogens with zero attached hydrogens (tertiary/aromatic N) is 2. The molecule has 0 aliphatic carbocycles. The highest BCUT2D eigenvalue weighted by molar-refractivity contribution is 7.13. The number of carbonyl (C=O) groups is 1. The highest BCUT2D eigenvalue weighted by atomic mass is 32.1. The van der Waals surface area contributed by atoms with E-state index in [1.807, 2.05) is 41.8 Å². The first kappa shape index (κ1) is 15.7. The monoisotopic (exact) mass is 370 g/mol.